The van der Waals surface area contributed by atoms with Crippen LogP contribution in [-0.4, -0.2) is 23.2 Å². The van der Waals surface area contributed by atoms with E-state index >= 15 is 0 Å². The zero-order valence-electron chi connectivity index (χ0n) is 13.0. The van der Waals surface area contributed by atoms with Crippen molar-refractivity contribution in [1.82, 2.24) is 10.4 Å². The number of rotatable bonds is 6. The SMILES string of the molecule is CC(C)CCN1NC(c2ccc(OC(F)(F)F)cc2)C=C1CBr. The maximum atomic E-state index is 12.2. The first kappa shape index (κ1) is 18.1. The Morgan fingerprint density at radius 3 is 2.43 bits per heavy atom. The molecule has 3 nitrogen and oxygen atoms in total. The fourth-order valence-electron chi connectivity index (χ4n) is 2.33. The van der Waals surface area contributed by atoms with Gasteiger partial charge in [0.2, 0.25) is 0 Å². The Morgan fingerprint density at radius 1 is 1.26 bits per heavy atom. The molecule has 1 aliphatic rings. The predicted molar refractivity (Wildman–Crippen MR) is 87.0 cm³/mol. The van der Waals surface area contributed by atoms with Crippen molar-refractivity contribution >= 4 is 15.9 Å². The van der Waals surface area contributed by atoms with Gasteiger partial charge in [-0.2, -0.15) is 0 Å². The number of alkyl halides is 4. The van der Waals surface area contributed by atoms with E-state index in [0.717, 1.165) is 29.6 Å². The molecular weight excluding hydrogens is 373 g/mol. The van der Waals surface area contributed by atoms with Crippen LogP contribution in [0.3, 0.4) is 0 Å². The van der Waals surface area contributed by atoms with E-state index in [0.29, 0.717) is 5.92 Å². The molecule has 1 unspecified atom stereocenters. The Kier molecular flexibility index (Phi) is 5.97. The number of hydrogen-bond acceptors (Lipinski definition) is 3. The Labute approximate surface area is 142 Å². The van der Waals surface area contributed by atoms with Gasteiger partial charge in [0.25, 0.3) is 0 Å². The standard InChI is InChI=1S/C16H20BrF3N2O/c1-11(2)7-8-22-13(10-17)9-15(21-22)12-3-5-14(6-4-12)23-16(18,19)20/h3-6,9,11,15,21H,7-8,10H2,1-2H3. The van der Waals surface area contributed by atoms with Crippen molar-refractivity contribution in [2.45, 2.75) is 32.7 Å². The molecule has 1 heterocycles. The molecule has 7 heteroatoms. The lowest BCUT2D eigenvalue weighted by molar-refractivity contribution is -0.274. The van der Waals surface area contributed by atoms with Crippen molar-refractivity contribution in [1.29, 1.82) is 0 Å². The highest BCUT2D eigenvalue weighted by Crippen LogP contribution is 2.29. The number of nitrogens with zero attached hydrogens (tertiary/aromatic N) is 1. The molecule has 0 spiro atoms. The summed E-state index contributed by atoms with van der Waals surface area (Å²) in [5.74, 6) is 0.395. The molecule has 1 N–H and O–H groups in total. The first-order valence-corrected chi connectivity index (χ1v) is 8.56. The first-order valence-electron chi connectivity index (χ1n) is 7.44. The van der Waals surface area contributed by atoms with E-state index in [1.807, 2.05) is 0 Å². The second-order valence-corrected chi connectivity index (χ2v) is 6.41. The number of hydrogen-bond donors (Lipinski definition) is 1. The Morgan fingerprint density at radius 2 is 1.91 bits per heavy atom. The molecule has 0 aromatic heterocycles. The van der Waals surface area contributed by atoms with Crippen molar-refractivity contribution in [3.63, 3.8) is 0 Å². The Bertz CT molecular complexity index is 543. The van der Waals surface area contributed by atoms with Crippen LogP contribution >= 0.6 is 15.9 Å². The van der Waals surface area contributed by atoms with Gasteiger partial charge < -0.3 is 9.75 Å². The monoisotopic (exact) mass is 392 g/mol. The minimum atomic E-state index is -4.66. The van der Waals surface area contributed by atoms with Gasteiger partial charge in [-0.3, -0.25) is 0 Å². The molecule has 23 heavy (non-hydrogen) atoms. The van der Waals surface area contributed by atoms with E-state index < -0.39 is 6.36 Å². The van der Waals surface area contributed by atoms with Gasteiger partial charge in [0.05, 0.1) is 6.04 Å². The number of benzene rings is 1. The normalized spacial score (nSPS) is 18.5. The lowest BCUT2D eigenvalue weighted by Gasteiger charge is -2.24. The number of nitrogens with one attached hydrogen (secondary N) is 1. The molecule has 0 saturated carbocycles. The van der Waals surface area contributed by atoms with Gasteiger partial charge in [-0.1, -0.05) is 41.9 Å². The quantitative estimate of drug-likeness (QED) is 0.705. The highest BCUT2D eigenvalue weighted by Gasteiger charge is 2.31. The molecular formula is C16H20BrF3N2O. The molecule has 1 aromatic carbocycles. The maximum absolute atomic E-state index is 12.2. The van der Waals surface area contributed by atoms with Crippen LogP contribution in [0.25, 0.3) is 0 Å². The van der Waals surface area contributed by atoms with Gasteiger partial charge in [0.1, 0.15) is 5.75 Å². The summed E-state index contributed by atoms with van der Waals surface area (Å²) in [5.41, 5.74) is 5.40. The van der Waals surface area contributed by atoms with Gasteiger partial charge in [-0.05, 0) is 36.1 Å². The second kappa shape index (κ2) is 7.57. The van der Waals surface area contributed by atoms with Crippen LogP contribution in [0.5, 0.6) is 5.75 Å². The average molecular weight is 393 g/mol. The molecule has 0 bridgehead atoms. The molecule has 0 fully saturated rings. The number of ether oxygens (including phenoxy) is 1. The van der Waals surface area contributed by atoms with Crippen LogP contribution in [0, 0.1) is 5.92 Å². The molecule has 128 valence electrons. The third-order valence-electron chi connectivity index (χ3n) is 3.54. The van der Waals surface area contributed by atoms with Crippen LogP contribution < -0.4 is 10.2 Å². The van der Waals surface area contributed by atoms with Gasteiger partial charge in [0.15, 0.2) is 0 Å². The van der Waals surface area contributed by atoms with Gasteiger partial charge >= 0.3 is 6.36 Å². The maximum Gasteiger partial charge on any atom is 0.573 e. The van der Waals surface area contributed by atoms with E-state index in [1.165, 1.54) is 12.1 Å². The topological polar surface area (TPSA) is 24.5 Å². The third-order valence-corrected chi connectivity index (χ3v) is 4.11. The number of allylic oxidation sites excluding steroid dienone is 1. The zero-order chi connectivity index (χ0) is 17.0. The molecule has 0 saturated heterocycles. The summed E-state index contributed by atoms with van der Waals surface area (Å²) in [6, 6.07) is 5.92. The molecule has 1 aromatic rings. The van der Waals surface area contributed by atoms with Crippen molar-refractivity contribution in [2.24, 2.45) is 5.92 Å². The summed E-state index contributed by atoms with van der Waals surface area (Å²) in [6.45, 7) is 5.23. The summed E-state index contributed by atoms with van der Waals surface area (Å²) in [4.78, 5) is 0. The molecule has 1 atom stereocenters. The molecule has 0 aliphatic carbocycles. The van der Waals surface area contributed by atoms with Crippen molar-refractivity contribution in [3.05, 3.63) is 41.6 Å². The van der Waals surface area contributed by atoms with E-state index in [4.69, 9.17) is 0 Å². The summed E-state index contributed by atoms with van der Waals surface area (Å²) in [6.07, 6.45) is -1.53. The first-order chi connectivity index (χ1) is 10.8. The van der Waals surface area contributed by atoms with Gasteiger partial charge in [0, 0.05) is 17.6 Å². The molecule has 1 aliphatic heterocycles. The van der Waals surface area contributed by atoms with E-state index in [1.54, 1.807) is 12.1 Å². The van der Waals surface area contributed by atoms with Crippen LogP contribution in [0.1, 0.15) is 31.9 Å². The second-order valence-electron chi connectivity index (χ2n) is 5.85. The summed E-state index contributed by atoms with van der Waals surface area (Å²) >= 11 is 3.47. The lowest BCUT2D eigenvalue weighted by atomic mass is 10.1. The minimum Gasteiger partial charge on any atom is -0.406 e. The fraction of sp³-hybridized carbons (Fsp3) is 0.500. The van der Waals surface area contributed by atoms with Crippen LogP contribution in [0.4, 0.5) is 13.2 Å². The average Bonchev–Trinajstić information content (AvgIpc) is 2.87. The zero-order valence-corrected chi connectivity index (χ0v) is 14.6. The van der Waals surface area contributed by atoms with E-state index in [-0.39, 0.29) is 11.8 Å². The molecule has 0 amide bonds. The minimum absolute atomic E-state index is 0.0466. The molecule has 2 rings (SSSR count). The smallest absolute Gasteiger partial charge is 0.406 e. The van der Waals surface area contributed by atoms with Crippen LogP contribution in [-0.2, 0) is 0 Å². The van der Waals surface area contributed by atoms with Crippen LogP contribution in [0.15, 0.2) is 36.0 Å². The number of halogens is 4. The van der Waals surface area contributed by atoms with E-state index in [9.17, 15) is 13.2 Å². The highest BCUT2D eigenvalue weighted by atomic mass is 79.9. The highest BCUT2D eigenvalue weighted by molar-refractivity contribution is 9.09. The predicted octanol–water partition coefficient (Wildman–Crippen LogP) is 4.77. The van der Waals surface area contributed by atoms with E-state index in [2.05, 4.69) is 51.0 Å². The lowest BCUT2D eigenvalue weighted by Crippen LogP contribution is -2.35. The fourth-order valence-corrected chi connectivity index (χ4v) is 2.82. The van der Waals surface area contributed by atoms with Crippen LogP contribution in [0.2, 0.25) is 0 Å². The van der Waals surface area contributed by atoms with Crippen molar-refractivity contribution < 1.29 is 17.9 Å². The Balaban J connectivity index is 2.03. The largest absolute Gasteiger partial charge is 0.573 e. The summed E-state index contributed by atoms with van der Waals surface area (Å²) in [5, 5.41) is 2.82. The summed E-state index contributed by atoms with van der Waals surface area (Å²) in [7, 11) is 0. The van der Waals surface area contributed by atoms with Crippen molar-refractivity contribution in [2.75, 3.05) is 11.9 Å². The molecule has 0 radical (unpaired) electrons. The third kappa shape index (κ3) is 5.42. The Hall–Kier alpha value is -1.21. The van der Waals surface area contributed by atoms with Crippen molar-refractivity contribution in [3.8, 4) is 5.75 Å². The summed E-state index contributed by atoms with van der Waals surface area (Å²) < 4.78 is 40.4. The van der Waals surface area contributed by atoms with Gasteiger partial charge in [-0.25, -0.2) is 5.43 Å². The van der Waals surface area contributed by atoms with Gasteiger partial charge in [-0.15, -0.1) is 13.2 Å². The number of hydrazine groups is 1.